The molecule has 0 bridgehead atoms. The molecule has 37 heavy (non-hydrogen) atoms. The fourth-order valence-corrected chi connectivity index (χ4v) is 5.38. The van der Waals surface area contributed by atoms with Crippen molar-refractivity contribution in [3.63, 3.8) is 0 Å². The quantitative estimate of drug-likeness (QED) is 0.311. The van der Waals surface area contributed by atoms with Gasteiger partial charge in [-0.1, -0.05) is 6.92 Å². The summed E-state index contributed by atoms with van der Waals surface area (Å²) in [5, 5.41) is 0.909. The number of nitrogen functional groups attached to an aromatic ring is 1. The van der Waals surface area contributed by atoms with Gasteiger partial charge in [-0.15, -0.1) is 0 Å². The molecule has 194 valence electrons. The highest BCUT2D eigenvalue weighted by atomic mass is 16.6. The minimum atomic E-state index is -1.67. The van der Waals surface area contributed by atoms with Crippen LogP contribution in [0.1, 0.15) is 37.0 Å². The molecule has 0 radical (unpaired) electrons. The number of aromatic nitrogens is 2. The van der Waals surface area contributed by atoms with Gasteiger partial charge in [0.15, 0.2) is 0 Å². The van der Waals surface area contributed by atoms with Gasteiger partial charge in [0.1, 0.15) is 6.61 Å². The van der Waals surface area contributed by atoms with Crippen molar-refractivity contribution in [3.05, 3.63) is 51.3 Å². The Kier molecular flexibility index (Phi) is 5.94. The molecule has 4 heterocycles. The van der Waals surface area contributed by atoms with Crippen LogP contribution < -0.4 is 16.2 Å². The summed E-state index contributed by atoms with van der Waals surface area (Å²) in [5.74, 6) is -1.30. The molecule has 0 amide bonds. The van der Waals surface area contributed by atoms with Gasteiger partial charge < -0.3 is 29.6 Å². The van der Waals surface area contributed by atoms with Crippen molar-refractivity contribution >= 4 is 34.2 Å². The van der Waals surface area contributed by atoms with Crippen molar-refractivity contribution in [2.75, 3.05) is 44.9 Å². The number of carbonyl (C=O) groups excluding carboxylic acids is 2. The van der Waals surface area contributed by atoms with E-state index < -0.39 is 17.5 Å². The Hall–Kier alpha value is -3.92. The molecule has 0 spiro atoms. The number of nitrogens with zero attached hydrogens (tertiary/aromatic N) is 4. The van der Waals surface area contributed by atoms with Crippen molar-refractivity contribution in [3.8, 4) is 11.4 Å². The molecule has 2 aliphatic rings. The minimum Gasteiger partial charge on any atom is -0.457 e. The number of likely N-dealkylation sites (N-methyl/N-ethyl adjacent to an activating group) is 2. The van der Waals surface area contributed by atoms with Gasteiger partial charge in [0, 0.05) is 49.3 Å². The number of carbonyl (C=O) groups is 2. The van der Waals surface area contributed by atoms with Gasteiger partial charge in [-0.2, -0.15) is 0 Å². The second-order valence-corrected chi connectivity index (χ2v) is 9.95. The van der Waals surface area contributed by atoms with E-state index in [9.17, 15) is 14.4 Å². The number of pyridine rings is 2. The Bertz CT molecular complexity index is 1510. The molecule has 0 aliphatic carbocycles. The Morgan fingerprint density at radius 3 is 2.62 bits per heavy atom. The Morgan fingerprint density at radius 1 is 1.19 bits per heavy atom. The summed E-state index contributed by atoms with van der Waals surface area (Å²) < 4.78 is 12.6. The molecule has 10 nitrogen and oxygen atoms in total. The first-order valence-electron chi connectivity index (χ1n) is 12.3. The standard InChI is InChI=1S/C27H31N5O5/c1-6-27(37-15(2)33)20-12-22-23-18(13-32(22)25(34)19(20)14-36-26(27)35)24(31(5)10-9-30(3)4)17-11-16(28)7-8-21(17)29-23/h7-8,11-12H,6,9-10,13-14,28H2,1-5H3/t27-/m0/s1. The van der Waals surface area contributed by atoms with Gasteiger partial charge in [0.2, 0.25) is 5.60 Å². The molecule has 5 rings (SSSR count). The zero-order chi connectivity index (χ0) is 26.6. The van der Waals surface area contributed by atoms with Crippen LogP contribution in [0.15, 0.2) is 29.1 Å². The first-order valence-corrected chi connectivity index (χ1v) is 12.3. The Labute approximate surface area is 214 Å². The summed E-state index contributed by atoms with van der Waals surface area (Å²) in [7, 11) is 6.06. The molecule has 0 fully saturated rings. The number of rotatable bonds is 6. The highest BCUT2D eigenvalue weighted by Gasteiger charge is 2.50. The number of hydrogen-bond donors (Lipinski definition) is 1. The average molecular weight is 506 g/mol. The third-order valence-corrected chi connectivity index (χ3v) is 7.23. The van der Waals surface area contributed by atoms with E-state index in [0.29, 0.717) is 34.7 Å². The van der Waals surface area contributed by atoms with E-state index in [2.05, 4.69) is 9.80 Å². The molecule has 3 aromatic rings. The topological polar surface area (TPSA) is 120 Å². The number of esters is 2. The maximum atomic E-state index is 13.8. The number of hydrogen-bond acceptors (Lipinski definition) is 9. The average Bonchev–Trinajstić information content (AvgIpc) is 3.21. The second kappa shape index (κ2) is 8.88. The number of ether oxygens (including phenoxy) is 2. The lowest BCUT2D eigenvalue weighted by atomic mass is 9.85. The van der Waals surface area contributed by atoms with Crippen LogP contribution in [0.2, 0.25) is 0 Å². The molecule has 1 atom stereocenters. The summed E-state index contributed by atoms with van der Waals surface area (Å²) in [6, 6.07) is 7.37. The molecule has 2 aliphatic heterocycles. The molecule has 1 aromatic carbocycles. The van der Waals surface area contributed by atoms with Crippen molar-refractivity contribution in [2.45, 2.75) is 39.0 Å². The fraction of sp³-hybridized carbons (Fsp3) is 0.407. The summed E-state index contributed by atoms with van der Waals surface area (Å²) in [4.78, 5) is 47.9. The smallest absolute Gasteiger partial charge is 0.355 e. The normalized spacial score (nSPS) is 17.8. The first kappa shape index (κ1) is 24.8. The van der Waals surface area contributed by atoms with Crippen LogP contribution in [0.3, 0.4) is 0 Å². The van der Waals surface area contributed by atoms with E-state index in [4.69, 9.17) is 20.2 Å². The summed E-state index contributed by atoms with van der Waals surface area (Å²) >= 11 is 0. The van der Waals surface area contributed by atoms with E-state index in [1.54, 1.807) is 23.6 Å². The van der Waals surface area contributed by atoms with Gasteiger partial charge in [0.25, 0.3) is 5.56 Å². The van der Waals surface area contributed by atoms with E-state index in [1.165, 1.54) is 6.92 Å². The zero-order valence-electron chi connectivity index (χ0n) is 21.8. The Morgan fingerprint density at radius 2 is 1.95 bits per heavy atom. The van der Waals surface area contributed by atoms with Gasteiger partial charge in [-0.05, 0) is 44.8 Å². The fourth-order valence-electron chi connectivity index (χ4n) is 5.38. The number of fused-ring (bicyclic) bond motifs is 5. The summed E-state index contributed by atoms with van der Waals surface area (Å²) in [6.45, 7) is 4.70. The zero-order valence-corrected chi connectivity index (χ0v) is 21.8. The van der Waals surface area contributed by atoms with Crippen LogP contribution in [0, 0.1) is 0 Å². The lowest BCUT2D eigenvalue weighted by Crippen LogP contribution is -2.47. The van der Waals surface area contributed by atoms with Crippen LogP contribution in [-0.2, 0) is 37.8 Å². The number of benzene rings is 1. The molecular formula is C27H31N5O5. The van der Waals surface area contributed by atoms with E-state index >= 15 is 0 Å². The predicted octanol–water partition coefficient (Wildman–Crippen LogP) is 2.23. The molecule has 0 saturated carbocycles. The van der Waals surface area contributed by atoms with E-state index in [-0.39, 0.29) is 18.6 Å². The van der Waals surface area contributed by atoms with Crippen LogP contribution in [0.4, 0.5) is 11.4 Å². The molecule has 0 saturated heterocycles. The number of nitrogens with two attached hydrogens (primary N) is 1. The maximum Gasteiger partial charge on any atom is 0.355 e. The van der Waals surface area contributed by atoms with Gasteiger partial charge in [-0.25, -0.2) is 9.78 Å². The van der Waals surface area contributed by atoms with Crippen LogP contribution in [0.5, 0.6) is 0 Å². The van der Waals surface area contributed by atoms with Gasteiger partial charge in [0.05, 0.1) is 34.7 Å². The van der Waals surface area contributed by atoms with Gasteiger partial charge >= 0.3 is 11.9 Å². The van der Waals surface area contributed by atoms with Crippen molar-refractivity contribution in [1.29, 1.82) is 0 Å². The summed E-state index contributed by atoms with van der Waals surface area (Å²) in [5.41, 5.74) is 9.37. The van der Waals surface area contributed by atoms with E-state index in [0.717, 1.165) is 35.2 Å². The lowest BCUT2D eigenvalue weighted by molar-refractivity contribution is -0.188. The van der Waals surface area contributed by atoms with E-state index in [1.807, 2.05) is 33.3 Å². The van der Waals surface area contributed by atoms with Gasteiger partial charge in [-0.3, -0.25) is 9.59 Å². The lowest BCUT2D eigenvalue weighted by Gasteiger charge is -2.35. The monoisotopic (exact) mass is 505 g/mol. The van der Waals surface area contributed by atoms with Crippen molar-refractivity contribution in [2.24, 2.45) is 0 Å². The minimum absolute atomic E-state index is 0.136. The van der Waals surface area contributed by atoms with Crippen LogP contribution >= 0.6 is 0 Å². The largest absolute Gasteiger partial charge is 0.457 e. The predicted molar refractivity (Wildman–Crippen MR) is 140 cm³/mol. The SMILES string of the molecule is CC[C@@]1(OC(C)=O)C(=O)OCc2c1cc1n(c2=O)Cc2c-1nc1ccc(N)cc1c2N(C)CCN(C)C. The maximum absolute atomic E-state index is 13.8. The third kappa shape index (κ3) is 3.83. The number of cyclic esters (lactones) is 1. The molecule has 0 unspecified atom stereocenters. The van der Waals surface area contributed by atoms with Crippen molar-refractivity contribution < 1.29 is 19.1 Å². The Balaban J connectivity index is 1.77. The highest BCUT2D eigenvalue weighted by Crippen LogP contribution is 2.44. The molecule has 10 heteroatoms. The molecular weight excluding hydrogens is 474 g/mol. The summed E-state index contributed by atoms with van der Waals surface area (Å²) in [6.07, 6.45) is 0.136. The molecule has 2 aromatic heterocycles. The second-order valence-electron chi connectivity index (χ2n) is 9.95. The number of anilines is 2. The van der Waals surface area contributed by atoms with Crippen LogP contribution in [-0.4, -0.2) is 60.6 Å². The van der Waals surface area contributed by atoms with Crippen molar-refractivity contribution in [1.82, 2.24) is 14.5 Å². The first-order chi connectivity index (χ1) is 17.6. The highest BCUT2D eigenvalue weighted by molar-refractivity contribution is 5.99. The third-order valence-electron chi connectivity index (χ3n) is 7.23. The van der Waals surface area contributed by atoms with Crippen LogP contribution in [0.25, 0.3) is 22.3 Å². The molecule has 2 N–H and O–H groups in total.